The smallest absolute Gasteiger partial charge is 0.308 e. The lowest BCUT2D eigenvalue weighted by Gasteiger charge is -2.10. The first kappa shape index (κ1) is 15.9. The van der Waals surface area contributed by atoms with E-state index in [1.54, 1.807) is 12.1 Å². The van der Waals surface area contributed by atoms with Gasteiger partial charge in [-0.2, -0.15) is 0 Å². The minimum atomic E-state index is -0.228. The number of carbonyl (C=O) groups excluding carboxylic acids is 1. The maximum atomic E-state index is 13.7. The van der Waals surface area contributed by atoms with Gasteiger partial charge in [-0.05, 0) is 30.9 Å². The summed E-state index contributed by atoms with van der Waals surface area (Å²) in [5.41, 5.74) is 0.613. The molecule has 1 aromatic heterocycles. The molecule has 1 aliphatic rings. The fourth-order valence-electron chi connectivity index (χ4n) is 2.86. The van der Waals surface area contributed by atoms with Crippen LogP contribution in [0.15, 0.2) is 24.3 Å². The Morgan fingerprint density at radius 1 is 1.39 bits per heavy atom. The first-order valence-electron chi connectivity index (χ1n) is 7.56. The van der Waals surface area contributed by atoms with Crippen molar-refractivity contribution in [2.45, 2.75) is 31.7 Å². The molecule has 0 saturated heterocycles. The fraction of sp³-hybridized carbons (Fsp3) is 0.438. The Hall–Kier alpha value is -2.02. The largest absolute Gasteiger partial charge is 0.469 e. The van der Waals surface area contributed by atoms with Crippen LogP contribution in [0.1, 0.15) is 29.8 Å². The number of ether oxygens (including phenoxy) is 1. The molecule has 7 heteroatoms. The Labute approximate surface area is 137 Å². The Balaban J connectivity index is 1.58. The van der Waals surface area contributed by atoms with Gasteiger partial charge in [-0.1, -0.05) is 29.5 Å². The van der Waals surface area contributed by atoms with Gasteiger partial charge in [0.2, 0.25) is 5.13 Å². The summed E-state index contributed by atoms with van der Waals surface area (Å²) in [5, 5.41) is 13.0. The zero-order valence-corrected chi connectivity index (χ0v) is 13.6. The molecule has 0 radical (unpaired) electrons. The zero-order valence-electron chi connectivity index (χ0n) is 12.8. The molecule has 2 aromatic rings. The molecule has 1 fully saturated rings. The van der Waals surface area contributed by atoms with Crippen LogP contribution in [0.25, 0.3) is 0 Å². The van der Waals surface area contributed by atoms with Crippen LogP contribution >= 0.6 is 11.3 Å². The molecule has 1 heterocycles. The number of hydrogen-bond acceptors (Lipinski definition) is 6. The van der Waals surface area contributed by atoms with Crippen LogP contribution in [0.3, 0.4) is 0 Å². The normalized spacial score (nSPS) is 20.4. The van der Waals surface area contributed by atoms with Gasteiger partial charge >= 0.3 is 5.97 Å². The van der Waals surface area contributed by atoms with Crippen LogP contribution in [0, 0.1) is 11.7 Å². The van der Waals surface area contributed by atoms with E-state index in [4.69, 9.17) is 4.74 Å². The van der Waals surface area contributed by atoms with Crippen molar-refractivity contribution in [2.75, 3.05) is 12.4 Å². The molecule has 2 atom stereocenters. The number of rotatable bonds is 5. The zero-order chi connectivity index (χ0) is 16.2. The van der Waals surface area contributed by atoms with Crippen molar-refractivity contribution in [3.63, 3.8) is 0 Å². The van der Waals surface area contributed by atoms with Crippen molar-refractivity contribution in [3.8, 4) is 0 Å². The number of aromatic nitrogens is 2. The highest BCUT2D eigenvalue weighted by molar-refractivity contribution is 7.15. The van der Waals surface area contributed by atoms with Crippen molar-refractivity contribution in [1.29, 1.82) is 0 Å². The number of esters is 1. The van der Waals surface area contributed by atoms with E-state index in [0.29, 0.717) is 17.1 Å². The van der Waals surface area contributed by atoms with E-state index >= 15 is 0 Å². The topological polar surface area (TPSA) is 64.1 Å². The molecular weight excluding hydrogens is 317 g/mol. The van der Waals surface area contributed by atoms with Gasteiger partial charge in [-0.15, -0.1) is 10.2 Å². The molecule has 3 rings (SSSR count). The average Bonchev–Trinajstić information content (AvgIpc) is 3.19. The second kappa shape index (κ2) is 7.04. The fourth-order valence-corrected chi connectivity index (χ4v) is 3.70. The molecule has 1 saturated carbocycles. The molecular formula is C16H18FN3O2S. The summed E-state index contributed by atoms with van der Waals surface area (Å²) in [5.74, 6) is -0.413. The van der Waals surface area contributed by atoms with E-state index < -0.39 is 0 Å². The van der Waals surface area contributed by atoms with Gasteiger partial charge in [0, 0.05) is 12.5 Å². The number of anilines is 1. The molecule has 0 amide bonds. The molecule has 1 aliphatic carbocycles. The van der Waals surface area contributed by atoms with Gasteiger partial charge in [0.15, 0.2) is 0 Å². The summed E-state index contributed by atoms with van der Waals surface area (Å²) in [6.07, 6.45) is 2.91. The third-order valence-electron chi connectivity index (χ3n) is 4.06. The van der Waals surface area contributed by atoms with Crippen LogP contribution in [0.4, 0.5) is 9.52 Å². The molecule has 0 aliphatic heterocycles. The standard InChI is InChI=1S/C16H18FN3O2S/c1-22-15(21)11-6-7-12(8-11)18-16-20-19-14(23-16)9-10-4-2-3-5-13(10)17/h2-5,11-12H,6-9H2,1H3,(H,18,20)/t11-,12+/m0/s1. The molecule has 0 spiro atoms. The highest BCUT2D eigenvalue weighted by atomic mass is 32.1. The molecule has 1 N–H and O–H groups in total. The summed E-state index contributed by atoms with van der Waals surface area (Å²) in [4.78, 5) is 11.5. The lowest BCUT2D eigenvalue weighted by molar-refractivity contribution is -0.145. The van der Waals surface area contributed by atoms with E-state index in [2.05, 4.69) is 15.5 Å². The van der Waals surface area contributed by atoms with Gasteiger partial charge in [-0.25, -0.2) is 4.39 Å². The second-order valence-electron chi connectivity index (χ2n) is 5.64. The number of carbonyl (C=O) groups is 1. The lowest BCUT2D eigenvalue weighted by atomic mass is 10.1. The SMILES string of the molecule is COC(=O)[C@H]1CC[C@@H](Nc2nnc(Cc3ccccc3F)s2)C1. The van der Waals surface area contributed by atoms with Gasteiger partial charge in [-0.3, -0.25) is 4.79 Å². The van der Waals surface area contributed by atoms with Crippen LogP contribution in [-0.2, 0) is 16.0 Å². The first-order valence-corrected chi connectivity index (χ1v) is 8.37. The van der Waals surface area contributed by atoms with E-state index in [0.717, 1.165) is 24.3 Å². The Morgan fingerprint density at radius 3 is 3.00 bits per heavy atom. The summed E-state index contributed by atoms with van der Waals surface area (Å²) in [7, 11) is 1.42. The Bertz CT molecular complexity index is 691. The lowest BCUT2D eigenvalue weighted by Crippen LogP contribution is -2.18. The number of nitrogens with one attached hydrogen (secondary N) is 1. The van der Waals surface area contributed by atoms with Crippen molar-refractivity contribution >= 4 is 22.4 Å². The van der Waals surface area contributed by atoms with Crippen LogP contribution in [0.2, 0.25) is 0 Å². The number of nitrogens with zero attached hydrogens (tertiary/aromatic N) is 2. The second-order valence-corrected chi connectivity index (χ2v) is 6.71. The first-order chi connectivity index (χ1) is 11.2. The number of benzene rings is 1. The van der Waals surface area contributed by atoms with Crippen LogP contribution in [0.5, 0.6) is 0 Å². The molecule has 122 valence electrons. The van der Waals surface area contributed by atoms with Crippen molar-refractivity contribution in [2.24, 2.45) is 5.92 Å². The minimum Gasteiger partial charge on any atom is -0.469 e. The van der Waals surface area contributed by atoms with Crippen molar-refractivity contribution in [3.05, 3.63) is 40.7 Å². The number of methoxy groups -OCH3 is 1. The molecule has 0 bridgehead atoms. The molecule has 0 unspecified atom stereocenters. The van der Waals surface area contributed by atoms with Crippen LogP contribution in [-0.4, -0.2) is 29.3 Å². The Kier molecular flexibility index (Phi) is 4.85. The third kappa shape index (κ3) is 3.85. The highest BCUT2D eigenvalue weighted by Crippen LogP contribution is 2.30. The quantitative estimate of drug-likeness (QED) is 0.851. The maximum absolute atomic E-state index is 13.7. The van der Waals surface area contributed by atoms with Gasteiger partial charge in [0.05, 0.1) is 13.0 Å². The van der Waals surface area contributed by atoms with Gasteiger partial charge in [0.25, 0.3) is 0 Å². The molecule has 5 nitrogen and oxygen atoms in total. The van der Waals surface area contributed by atoms with Crippen LogP contribution < -0.4 is 5.32 Å². The number of halogens is 1. The van der Waals surface area contributed by atoms with E-state index in [9.17, 15) is 9.18 Å². The summed E-state index contributed by atoms with van der Waals surface area (Å²) < 4.78 is 18.4. The van der Waals surface area contributed by atoms with E-state index in [1.807, 2.05) is 6.07 Å². The average molecular weight is 335 g/mol. The highest BCUT2D eigenvalue weighted by Gasteiger charge is 2.31. The monoisotopic (exact) mass is 335 g/mol. The molecule has 23 heavy (non-hydrogen) atoms. The van der Waals surface area contributed by atoms with Crippen molar-refractivity contribution in [1.82, 2.24) is 10.2 Å². The van der Waals surface area contributed by atoms with Gasteiger partial charge in [0.1, 0.15) is 10.8 Å². The summed E-state index contributed by atoms with van der Waals surface area (Å²) in [6.45, 7) is 0. The molecule has 1 aromatic carbocycles. The summed E-state index contributed by atoms with van der Waals surface area (Å²) >= 11 is 1.42. The Morgan fingerprint density at radius 2 is 2.22 bits per heavy atom. The number of hydrogen-bond donors (Lipinski definition) is 1. The van der Waals surface area contributed by atoms with E-state index in [-0.39, 0.29) is 23.7 Å². The maximum Gasteiger partial charge on any atom is 0.308 e. The van der Waals surface area contributed by atoms with E-state index in [1.165, 1.54) is 24.5 Å². The predicted octanol–water partition coefficient (Wildman–Crippen LogP) is 3.02. The van der Waals surface area contributed by atoms with Crippen molar-refractivity contribution < 1.29 is 13.9 Å². The third-order valence-corrected chi connectivity index (χ3v) is 4.92. The minimum absolute atomic E-state index is 0.0386. The van der Waals surface area contributed by atoms with Gasteiger partial charge < -0.3 is 10.1 Å². The predicted molar refractivity (Wildman–Crippen MR) is 85.9 cm³/mol. The summed E-state index contributed by atoms with van der Waals surface area (Å²) in [6, 6.07) is 6.88.